The minimum atomic E-state index is -3.51. The third-order valence-electron chi connectivity index (χ3n) is 6.81. The normalized spacial score (nSPS) is 16.0. The second kappa shape index (κ2) is 10.5. The van der Waals surface area contributed by atoms with Crippen LogP contribution < -0.4 is 10.1 Å². The van der Waals surface area contributed by atoms with Crippen molar-refractivity contribution in [2.75, 3.05) is 38.6 Å². The van der Waals surface area contributed by atoms with Gasteiger partial charge in [0.2, 0.25) is 10.0 Å². The minimum absolute atomic E-state index is 0.0836. The number of sulfonamides is 1. The monoisotopic (exact) mass is 517 g/mol. The number of methoxy groups -OCH3 is 1. The van der Waals surface area contributed by atoms with Gasteiger partial charge in [0.15, 0.2) is 0 Å². The van der Waals surface area contributed by atoms with Crippen LogP contribution >= 0.6 is 0 Å². The molecule has 0 spiro atoms. The first kappa shape index (κ1) is 25.1. The zero-order valence-electron chi connectivity index (χ0n) is 21.3. The predicted octanol–water partition coefficient (Wildman–Crippen LogP) is 4.76. The molecule has 1 aliphatic heterocycles. The molecule has 1 saturated heterocycles. The van der Waals surface area contributed by atoms with Crippen molar-refractivity contribution in [2.45, 2.75) is 24.8 Å². The molecule has 3 aromatic carbocycles. The van der Waals surface area contributed by atoms with Crippen LogP contribution in [0.2, 0.25) is 0 Å². The van der Waals surface area contributed by atoms with E-state index in [1.807, 2.05) is 67.6 Å². The van der Waals surface area contributed by atoms with Crippen LogP contribution in [-0.2, 0) is 10.0 Å². The van der Waals surface area contributed by atoms with E-state index < -0.39 is 10.0 Å². The van der Waals surface area contributed by atoms with Gasteiger partial charge in [-0.1, -0.05) is 35.9 Å². The summed E-state index contributed by atoms with van der Waals surface area (Å²) >= 11 is 0. The zero-order valence-corrected chi connectivity index (χ0v) is 22.1. The fraction of sp³-hybridized carbons (Fsp3) is 0.286. The highest BCUT2D eigenvalue weighted by Gasteiger charge is 2.31. The van der Waals surface area contributed by atoms with Crippen LogP contribution in [0.15, 0.2) is 77.7 Å². The van der Waals surface area contributed by atoms with Gasteiger partial charge >= 0.3 is 0 Å². The summed E-state index contributed by atoms with van der Waals surface area (Å²) in [5.74, 6) is 2.18. The van der Waals surface area contributed by atoms with Gasteiger partial charge in [0.25, 0.3) is 0 Å². The number of rotatable bonds is 7. The second-order valence-electron chi connectivity index (χ2n) is 9.23. The molecule has 9 heteroatoms. The van der Waals surface area contributed by atoms with E-state index in [9.17, 15) is 8.42 Å². The molecular weight excluding hydrogens is 486 g/mol. The van der Waals surface area contributed by atoms with Gasteiger partial charge in [-0.3, -0.25) is 4.90 Å². The minimum Gasteiger partial charge on any atom is -0.497 e. The number of aromatic nitrogens is 2. The summed E-state index contributed by atoms with van der Waals surface area (Å²) < 4.78 is 33.2. The summed E-state index contributed by atoms with van der Waals surface area (Å²) in [6.45, 7) is 6.06. The van der Waals surface area contributed by atoms with Gasteiger partial charge in [0, 0.05) is 43.3 Å². The number of para-hydroxylation sites is 1. The van der Waals surface area contributed by atoms with E-state index in [4.69, 9.17) is 14.7 Å². The van der Waals surface area contributed by atoms with E-state index in [1.165, 1.54) is 0 Å². The standard InChI is InChI=1S/C28H31N5O3S/c1-20-11-13-24(14-12-20)37(34,35)33-17-15-32(16-18-33)21(2)27-30-26-10-5-4-9-25(26)28(31-27)29-22-7-6-8-23(19-22)36-3/h4-14,19,21H,15-18H2,1-3H3,(H,29,30,31)/t21-/m1/s1. The van der Waals surface area contributed by atoms with Crippen LogP contribution in [0.3, 0.4) is 0 Å². The number of aryl methyl sites for hydroxylation is 1. The number of hydrogen-bond donors (Lipinski definition) is 1. The topological polar surface area (TPSA) is 87.7 Å². The Labute approximate surface area is 218 Å². The number of hydrogen-bond acceptors (Lipinski definition) is 7. The van der Waals surface area contributed by atoms with Gasteiger partial charge in [-0.25, -0.2) is 18.4 Å². The molecule has 192 valence electrons. The van der Waals surface area contributed by atoms with Crippen molar-refractivity contribution < 1.29 is 13.2 Å². The summed E-state index contributed by atoms with van der Waals surface area (Å²) in [6, 6.07) is 22.6. The molecule has 0 saturated carbocycles. The molecule has 1 N–H and O–H groups in total. The second-order valence-corrected chi connectivity index (χ2v) is 11.2. The predicted molar refractivity (Wildman–Crippen MR) is 146 cm³/mol. The van der Waals surface area contributed by atoms with Crippen molar-refractivity contribution in [3.63, 3.8) is 0 Å². The molecule has 0 bridgehead atoms. The number of nitrogens with zero attached hydrogens (tertiary/aromatic N) is 4. The lowest BCUT2D eigenvalue weighted by Crippen LogP contribution is -2.49. The largest absolute Gasteiger partial charge is 0.497 e. The van der Waals surface area contributed by atoms with Gasteiger partial charge in [-0.05, 0) is 50.2 Å². The Balaban J connectivity index is 1.36. The number of nitrogens with one attached hydrogen (secondary N) is 1. The van der Waals surface area contributed by atoms with E-state index in [0.29, 0.717) is 36.9 Å². The maximum atomic E-state index is 13.1. The van der Waals surface area contributed by atoms with Crippen LogP contribution in [-0.4, -0.2) is 60.9 Å². The van der Waals surface area contributed by atoms with Crippen LogP contribution in [0.5, 0.6) is 5.75 Å². The molecule has 1 atom stereocenters. The van der Waals surface area contributed by atoms with Crippen LogP contribution in [0.4, 0.5) is 11.5 Å². The maximum absolute atomic E-state index is 13.1. The molecular formula is C28H31N5O3S. The molecule has 5 rings (SSSR count). The molecule has 2 heterocycles. The summed E-state index contributed by atoms with van der Waals surface area (Å²) in [7, 11) is -1.87. The SMILES string of the molecule is COc1cccc(Nc2nc([C@@H](C)N3CCN(S(=O)(=O)c4ccc(C)cc4)CC3)nc3ccccc23)c1. The van der Waals surface area contributed by atoms with E-state index >= 15 is 0 Å². The molecule has 0 unspecified atom stereocenters. The van der Waals surface area contributed by atoms with Gasteiger partial charge in [-0.2, -0.15) is 4.31 Å². The van der Waals surface area contributed by atoms with Gasteiger partial charge in [0.1, 0.15) is 17.4 Å². The molecule has 0 aliphatic carbocycles. The molecule has 1 aliphatic rings. The first-order valence-corrected chi connectivity index (χ1v) is 13.8. The highest BCUT2D eigenvalue weighted by Crippen LogP contribution is 2.29. The number of fused-ring (bicyclic) bond motifs is 1. The van der Waals surface area contributed by atoms with Crippen molar-refractivity contribution >= 4 is 32.4 Å². The lowest BCUT2D eigenvalue weighted by Gasteiger charge is -2.36. The fourth-order valence-electron chi connectivity index (χ4n) is 4.57. The molecule has 8 nitrogen and oxygen atoms in total. The zero-order chi connectivity index (χ0) is 26.0. The third-order valence-corrected chi connectivity index (χ3v) is 8.72. The van der Waals surface area contributed by atoms with Crippen LogP contribution in [0.1, 0.15) is 24.4 Å². The Hall–Kier alpha value is -3.53. The van der Waals surface area contributed by atoms with Crippen molar-refractivity contribution in [3.05, 3.63) is 84.2 Å². The first-order valence-electron chi connectivity index (χ1n) is 12.3. The van der Waals surface area contributed by atoms with Crippen molar-refractivity contribution in [1.29, 1.82) is 0 Å². The molecule has 4 aromatic rings. The third kappa shape index (κ3) is 5.29. The van der Waals surface area contributed by atoms with Crippen molar-refractivity contribution in [2.24, 2.45) is 0 Å². The highest BCUT2D eigenvalue weighted by molar-refractivity contribution is 7.89. The quantitative estimate of drug-likeness (QED) is 0.378. The Kier molecular flexibility index (Phi) is 7.10. The molecule has 0 radical (unpaired) electrons. The molecule has 37 heavy (non-hydrogen) atoms. The van der Waals surface area contributed by atoms with Gasteiger partial charge in [-0.15, -0.1) is 0 Å². The smallest absolute Gasteiger partial charge is 0.243 e. The Morgan fingerprint density at radius 2 is 1.65 bits per heavy atom. The molecule has 1 aromatic heterocycles. The van der Waals surface area contributed by atoms with Crippen molar-refractivity contribution in [1.82, 2.24) is 19.2 Å². The van der Waals surface area contributed by atoms with Crippen LogP contribution in [0, 0.1) is 6.92 Å². The first-order chi connectivity index (χ1) is 17.8. The van der Waals surface area contributed by atoms with E-state index in [1.54, 1.807) is 23.5 Å². The lowest BCUT2D eigenvalue weighted by molar-refractivity contribution is 0.141. The number of ether oxygens (including phenoxy) is 1. The van der Waals surface area contributed by atoms with E-state index in [-0.39, 0.29) is 6.04 Å². The Morgan fingerprint density at radius 1 is 0.919 bits per heavy atom. The lowest BCUT2D eigenvalue weighted by atomic mass is 10.2. The van der Waals surface area contributed by atoms with Crippen LogP contribution in [0.25, 0.3) is 10.9 Å². The van der Waals surface area contributed by atoms with E-state index in [0.717, 1.165) is 33.7 Å². The summed E-state index contributed by atoms with van der Waals surface area (Å²) in [4.78, 5) is 12.3. The number of piperazine rings is 1. The summed E-state index contributed by atoms with van der Waals surface area (Å²) in [6.07, 6.45) is 0. The average molecular weight is 518 g/mol. The summed E-state index contributed by atoms with van der Waals surface area (Å²) in [5.41, 5.74) is 2.76. The van der Waals surface area contributed by atoms with Crippen molar-refractivity contribution in [3.8, 4) is 5.75 Å². The molecule has 0 amide bonds. The van der Waals surface area contributed by atoms with E-state index in [2.05, 4.69) is 17.1 Å². The molecule has 1 fully saturated rings. The Morgan fingerprint density at radius 3 is 2.38 bits per heavy atom. The number of anilines is 2. The highest BCUT2D eigenvalue weighted by atomic mass is 32.2. The maximum Gasteiger partial charge on any atom is 0.243 e. The average Bonchev–Trinajstić information content (AvgIpc) is 2.93. The summed E-state index contributed by atoms with van der Waals surface area (Å²) in [5, 5.41) is 4.36. The Bertz CT molecular complexity index is 1500. The fourth-order valence-corrected chi connectivity index (χ4v) is 5.99. The van der Waals surface area contributed by atoms with Gasteiger partial charge < -0.3 is 10.1 Å². The van der Waals surface area contributed by atoms with Gasteiger partial charge in [0.05, 0.1) is 23.6 Å². The number of benzene rings is 3.